The van der Waals surface area contributed by atoms with Crippen LogP contribution in [0.3, 0.4) is 0 Å². The molecule has 0 spiro atoms. The molecule has 26 heavy (non-hydrogen) atoms. The van der Waals surface area contributed by atoms with Crippen LogP contribution in [0, 0.1) is 23.2 Å². The fourth-order valence-corrected chi connectivity index (χ4v) is 8.05. The van der Waals surface area contributed by atoms with Gasteiger partial charge in [-0.2, -0.15) is 0 Å². The van der Waals surface area contributed by atoms with Gasteiger partial charge >= 0.3 is 0 Å². The van der Waals surface area contributed by atoms with Gasteiger partial charge in [-0.3, -0.25) is 4.79 Å². The number of hydrogen-bond acceptors (Lipinski definition) is 4. The van der Waals surface area contributed by atoms with E-state index < -0.39 is 0 Å². The predicted octanol–water partition coefficient (Wildman–Crippen LogP) is 5.11. The minimum Gasteiger partial charge on any atom is -0.355 e. The summed E-state index contributed by atoms with van der Waals surface area (Å²) in [7, 11) is 0. The van der Waals surface area contributed by atoms with Crippen molar-refractivity contribution in [2.75, 3.05) is 12.3 Å². The molecule has 0 unspecified atom stereocenters. The number of rotatable bonds is 6. The highest BCUT2D eigenvalue weighted by atomic mass is 32.2. The molecule has 2 aromatic rings. The van der Waals surface area contributed by atoms with E-state index in [1.54, 1.807) is 23.1 Å². The Balaban J connectivity index is 1.10. The fraction of sp³-hybridized carbons (Fsp3) is 0.619. The Kier molecular flexibility index (Phi) is 4.48. The molecule has 0 saturated heterocycles. The van der Waals surface area contributed by atoms with Crippen LogP contribution in [0.15, 0.2) is 28.6 Å². The Labute approximate surface area is 163 Å². The van der Waals surface area contributed by atoms with Crippen molar-refractivity contribution in [1.82, 2.24) is 10.3 Å². The number of thioether (sulfide) groups is 1. The largest absolute Gasteiger partial charge is 0.355 e. The van der Waals surface area contributed by atoms with Gasteiger partial charge in [0.05, 0.1) is 16.0 Å². The van der Waals surface area contributed by atoms with Crippen LogP contribution in [0.2, 0.25) is 0 Å². The Morgan fingerprint density at radius 2 is 1.85 bits per heavy atom. The molecule has 4 aliphatic carbocycles. The molecule has 138 valence electrons. The molecular formula is C21H26N2OS2. The number of hydrogen-bond donors (Lipinski definition) is 1. The number of amides is 1. The van der Waals surface area contributed by atoms with Gasteiger partial charge in [-0.15, -0.1) is 11.3 Å². The summed E-state index contributed by atoms with van der Waals surface area (Å²) in [6.07, 6.45) is 9.94. The van der Waals surface area contributed by atoms with Crippen molar-refractivity contribution in [3.05, 3.63) is 24.3 Å². The van der Waals surface area contributed by atoms with Crippen LogP contribution in [0.25, 0.3) is 10.2 Å². The normalized spacial score (nSPS) is 32.2. The van der Waals surface area contributed by atoms with Crippen LogP contribution in [0.4, 0.5) is 0 Å². The van der Waals surface area contributed by atoms with E-state index in [1.165, 1.54) is 49.6 Å². The van der Waals surface area contributed by atoms with Crippen LogP contribution in [0.1, 0.15) is 44.9 Å². The second-order valence-corrected chi connectivity index (χ2v) is 11.0. The third-order valence-electron chi connectivity index (χ3n) is 6.74. The first kappa shape index (κ1) is 17.1. The van der Waals surface area contributed by atoms with Crippen molar-refractivity contribution in [3.8, 4) is 0 Å². The molecule has 0 radical (unpaired) electrons. The molecule has 4 fully saturated rings. The maximum atomic E-state index is 12.3. The van der Waals surface area contributed by atoms with E-state index in [9.17, 15) is 4.79 Å². The molecule has 4 saturated carbocycles. The lowest BCUT2D eigenvalue weighted by molar-refractivity contribution is -0.119. The molecule has 1 aromatic heterocycles. The Hall–Kier alpha value is -1.07. The van der Waals surface area contributed by atoms with E-state index in [4.69, 9.17) is 0 Å². The van der Waals surface area contributed by atoms with Crippen LogP contribution < -0.4 is 5.32 Å². The molecule has 1 N–H and O–H groups in total. The van der Waals surface area contributed by atoms with Gasteiger partial charge in [0.1, 0.15) is 0 Å². The average Bonchev–Trinajstić information content (AvgIpc) is 3.01. The first-order valence-electron chi connectivity index (χ1n) is 9.93. The van der Waals surface area contributed by atoms with Crippen LogP contribution in [-0.2, 0) is 4.79 Å². The summed E-state index contributed by atoms with van der Waals surface area (Å²) in [6.45, 7) is 0.853. The van der Waals surface area contributed by atoms with E-state index in [-0.39, 0.29) is 5.91 Å². The number of aromatic nitrogens is 1. The lowest BCUT2D eigenvalue weighted by atomic mass is 9.49. The van der Waals surface area contributed by atoms with Gasteiger partial charge in [0, 0.05) is 6.54 Å². The molecule has 1 amide bonds. The molecule has 4 aliphatic rings. The SMILES string of the molecule is O=C(CSc1nc2ccccc2s1)NCCC12CC3CC(CC(C3)C1)C2. The number of benzene rings is 1. The van der Waals surface area contributed by atoms with Crippen molar-refractivity contribution < 1.29 is 4.79 Å². The molecule has 1 heterocycles. The number of para-hydroxylation sites is 1. The Morgan fingerprint density at radius 3 is 2.54 bits per heavy atom. The average molecular weight is 387 g/mol. The second kappa shape index (κ2) is 6.83. The molecule has 3 nitrogen and oxygen atoms in total. The number of nitrogens with zero attached hydrogens (tertiary/aromatic N) is 1. The molecule has 4 bridgehead atoms. The number of nitrogens with one attached hydrogen (secondary N) is 1. The summed E-state index contributed by atoms with van der Waals surface area (Å²) in [4.78, 5) is 16.9. The smallest absolute Gasteiger partial charge is 0.230 e. The molecule has 0 atom stereocenters. The van der Waals surface area contributed by atoms with Crippen LogP contribution >= 0.6 is 23.1 Å². The van der Waals surface area contributed by atoms with E-state index >= 15 is 0 Å². The molecule has 6 rings (SSSR count). The van der Waals surface area contributed by atoms with Gasteiger partial charge < -0.3 is 5.32 Å². The van der Waals surface area contributed by atoms with Crippen molar-refractivity contribution >= 4 is 39.2 Å². The van der Waals surface area contributed by atoms with Gasteiger partial charge in [-0.1, -0.05) is 23.9 Å². The van der Waals surface area contributed by atoms with Crippen molar-refractivity contribution in [2.24, 2.45) is 23.2 Å². The lowest BCUT2D eigenvalue weighted by Crippen LogP contribution is -2.47. The quantitative estimate of drug-likeness (QED) is 0.701. The van der Waals surface area contributed by atoms with E-state index in [1.807, 2.05) is 18.2 Å². The molecular weight excluding hydrogens is 360 g/mol. The summed E-state index contributed by atoms with van der Waals surface area (Å²) in [6, 6.07) is 8.16. The number of carbonyl (C=O) groups is 1. The van der Waals surface area contributed by atoms with Crippen LogP contribution in [-0.4, -0.2) is 23.2 Å². The summed E-state index contributed by atoms with van der Waals surface area (Å²) < 4.78 is 2.18. The van der Waals surface area contributed by atoms with Gasteiger partial charge in [-0.25, -0.2) is 4.98 Å². The Morgan fingerprint density at radius 1 is 1.15 bits per heavy atom. The predicted molar refractivity (Wildman–Crippen MR) is 109 cm³/mol. The first-order valence-corrected chi connectivity index (χ1v) is 11.7. The van der Waals surface area contributed by atoms with E-state index in [2.05, 4.69) is 16.4 Å². The highest BCUT2D eigenvalue weighted by Crippen LogP contribution is 2.61. The zero-order valence-corrected chi connectivity index (χ0v) is 16.7. The first-order chi connectivity index (χ1) is 12.7. The van der Waals surface area contributed by atoms with Crippen molar-refractivity contribution in [3.63, 3.8) is 0 Å². The summed E-state index contributed by atoms with van der Waals surface area (Å²) in [5.41, 5.74) is 1.59. The summed E-state index contributed by atoms with van der Waals surface area (Å²) >= 11 is 3.23. The fourth-order valence-electron chi connectivity index (χ4n) is 6.15. The zero-order valence-electron chi connectivity index (χ0n) is 15.1. The van der Waals surface area contributed by atoms with Gasteiger partial charge in [-0.05, 0) is 80.2 Å². The van der Waals surface area contributed by atoms with Crippen LogP contribution in [0.5, 0.6) is 0 Å². The van der Waals surface area contributed by atoms with E-state index in [0.29, 0.717) is 11.2 Å². The van der Waals surface area contributed by atoms with Gasteiger partial charge in [0.25, 0.3) is 0 Å². The summed E-state index contributed by atoms with van der Waals surface area (Å²) in [5.74, 6) is 3.60. The molecule has 0 aliphatic heterocycles. The number of thiazole rings is 1. The zero-order chi connectivity index (χ0) is 17.6. The topological polar surface area (TPSA) is 42.0 Å². The van der Waals surface area contributed by atoms with Gasteiger partial charge in [0.2, 0.25) is 5.91 Å². The third kappa shape index (κ3) is 3.40. The second-order valence-electron chi connectivity index (χ2n) is 8.75. The third-order valence-corrected chi connectivity index (χ3v) is 8.92. The van der Waals surface area contributed by atoms with Gasteiger partial charge in [0.15, 0.2) is 4.34 Å². The minimum atomic E-state index is 0.152. The maximum absolute atomic E-state index is 12.3. The van der Waals surface area contributed by atoms with Crippen molar-refractivity contribution in [2.45, 2.75) is 49.3 Å². The summed E-state index contributed by atoms with van der Waals surface area (Å²) in [5, 5.41) is 3.18. The maximum Gasteiger partial charge on any atom is 0.230 e. The molecule has 1 aromatic carbocycles. The monoisotopic (exact) mass is 386 g/mol. The highest BCUT2D eigenvalue weighted by Gasteiger charge is 2.50. The molecule has 5 heteroatoms. The van der Waals surface area contributed by atoms with E-state index in [0.717, 1.165) is 34.2 Å². The number of fused-ring (bicyclic) bond motifs is 1. The highest BCUT2D eigenvalue weighted by molar-refractivity contribution is 8.01. The minimum absolute atomic E-state index is 0.152. The standard InChI is InChI=1S/C21H26N2OS2/c24-19(13-25-20-23-17-3-1-2-4-18(17)26-20)22-6-5-21-10-14-7-15(11-21)9-16(8-14)12-21/h1-4,14-16H,5-13H2,(H,22,24). The lowest BCUT2D eigenvalue weighted by Gasteiger charge is -2.57. The number of carbonyl (C=O) groups excluding carboxylic acids is 1. The Bertz CT molecular complexity index is 747. The van der Waals surface area contributed by atoms with Crippen molar-refractivity contribution in [1.29, 1.82) is 0 Å².